The van der Waals surface area contributed by atoms with Crippen molar-refractivity contribution >= 4 is 40.8 Å². The number of hydrogen-bond donors (Lipinski definition) is 3. The molecular weight excluding hydrogens is 317 g/mol. The van der Waals surface area contributed by atoms with Gasteiger partial charge in [-0.05, 0) is 12.1 Å². The number of carbonyl (C=O) groups excluding carboxylic acids is 1. The van der Waals surface area contributed by atoms with Crippen molar-refractivity contribution in [2.75, 3.05) is 31.5 Å². The summed E-state index contributed by atoms with van der Waals surface area (Å²) >= 11 is 12.0. The van der Waals surface area contributed by atoms with Gasteiger partial charge in [0.1, 0.15) is 6.04 Å². The summed E-state index contributed by atoms with van der Waals surface area (Å²) < 4.78 is 0. The number of carbonyl (C=O) groups is 2. The van der Waals surface area contributed by atoms with Crippen LogP contribution in [0.5, 0.6) is 0 Å². The van der Waals surface area contributed by atoms with Gasteiger partial charge >= 0.3 is 5.97 Å². The Morgan fingerprint density at radius 2 is 2.05 bits per heavy atom. The minimum atomic E-state index is -0.953. The number of nitrogens with zero attached hydrogens (tertiary/aromatic N) is 1. The molecule has 0 bridgehead atoms. The average Bonchev–Trinajstić information content (AvgIpc) is 2.43. The van der Waals surface area contributed by atoms with E-state index < -0.39 is 12.0 Å². The molecule has 1 aliphatic rings. The van der Waals surface area contributed by atoms with E-state index in [1.165, 1.54) is 0 Å². The van der Waals surface area contributed by atoms with E-state index in [2.05, 4.69) is 10.6 Å². The van der Waals surface area contributed by atoms with E-state index >= 15 is 0 Å². The summed E-state index contributed by atoms with van der Waals surface area (Å²) in [4.78, 5) is 24.8. The zero-order valence-corrected chi connectivity index (χ0v) is 12.6. The van der Waals surface area contributed by atoms with Crippen LogP contribution in [-0.4, -0.2) is 54.1 Å². The predicted molar refractivity (Wildman–Crippen MR) is 81.0 cm³/mol. The maximum absolute atomic E-state index is 12.1. The lowest BCUT2D eigenvalue weighted by molar-refractivity contribution is -0.144. The van der Waals surface area contributed by atoms with Gasteiger partial charge in [-0.15, -0.1) is 0 Å². The van der Waals surface area contributed by atoms with Gasteiger partial charge in [-0.25, -0.2) is 0 Å². The predicted octanol–water partition coefficient (Wildman–Crippen LogP) is 1.29. The number of halogens is 2. The van der Waals surface area contributed by atoms with Gasteiger partial charge in [0.2, 0.25) is 5.91 Å². The average molecular weight is 332 g/mol. The van der Waals surface area contributed by atoms with Crippen LogP contribution in [0.15, 0.2) is 18.2 Å². The fourth-order valence-electron chi connectivity index (χ4n) is 2.16. The van der Waals surface area contributed by atoms with Gasteiger partial charge in [0.25, 0.3) is 0 Å². The molecule has 0 radical (unpaired) electrons. The lowest BCUT2D eigenvalue weighted by atomic mass is 10.2. The van der Waals surface area contributed by atoms with Gasteiger partial charge in [0, 0.05) is 19.6 Å². The Morgan fingerprint density at radius 3 is 2.67 bits per heavy atom. The standard InChI is InChI=1S/C13H15Cl2N3O3/c14-8-2-1-3-9(15)12(8)17-11(19)7-18-5-4-16-6-10(18)13(20)21/h1-3,10,16H,4-7H2,(H,17,19)(H,20,21). The van der Waals surface area contributed by atoms with Gasteiger partial charge in [-0.1, -0.05) is 29.3 Å². The third-order valence-corrected chi connectivity index (χ3v) is 3.84. The van der Waals surface area contributed by atoms with Crippen LogP contribution in [0.1, 0.15) is 0 Å². The van der Waals surface area contributed by atoms with Crippen molar-refractivity contribution in [3.63, 3.8) is 0 Å². The number of nitrogens with one attached hydrogen (secondary N) is 2. The number of aliphatic carboxylic acids is 1. The molecule has 1 aromatic rings. The Labute approximate surface area is 132 Å². The van der Waals surface area contributed by atoms with E-state index in [4.69, 9.17) is 28.3 Å². The number of benzene rings is 1. The number of piperazine rings is 1. The molecule has 1 fully saturated rings. The highest BCUT2D eigenvalue weighted by Gasteiger charge is 2.29. The Hall–Kier alpha value is -1.34. The molecule has 0 saturated carbocycles. The summed E-state index contributed by atoms with van der Waals surface area (Å²) in [5.74, 6) is -1.30. The minimum Gasteiger partial charge on any atom is -0.480 e. The normalized spacial score (nSPS) is 19.2. The highest BCUT2D eigenvalue weighted by atomic mass is 35.5. The number of carboxylic acids is 1. The first-order valence-electron chi connectivity index (χ1n) is 6.40. The van der Waals surface area contributed by atoms with Crippen molar-refractivity contribution in [1.82, 2.24) is 10.2 Å². The lowest BCUT2D eigenvalue weighted by Gasteiger charge is -2.32. The molecule has 6 nitrogen and oxygen atoms in total. The second kappa shape index (κ2) is 7.09. The minimum absolute atomic E-state index is 0.0276. The lowest BCUT2D eigenvalue weighted by Crippen LogP contribution is -2.56. The van der Waals surface area contributed by atoms with Crippen LogP contribution in [0.25, 0.3) is 0 Å². The highest BCUT2D eigenvalue weighted by Crippen LogP contribution is 2.29. The van der Waals surface area contributed by atoms with Crippen LogP contribution in [0.4, 0.5) is 5.69 Å². The van der Waals surface area contributed by atoms with E-state index in [1.54, 1.807) is 23.1 Å². The maximum atomic E-state index is 12.1. The summed E-state index contributed by atoms with van der Waals surface area (Å²) in [6.07, 6.45) is 0. The molecule has 114 valence electrons. The molecular formula is C13H15Cl2N3O3. The summed E-state index contributed by atoms with van der Waals surface area (Å²) in [5.41, 5.74) is 0.341. The molecule has 0 aromatic heterocycles. The number of amides is 1. The van der Waals surface area contributed by atoms with Crippen LogP contribution in [0.3, 0.4) is 0 Å². The molecule has 0 spiro atoms. The molecule has 1 aromatic carbocycles. The number of para-hydroxylation sites is 1. The largest absolute Gasteiger partial charge is 0.480 e. The third kappa shape index (κ3) is 4.07. The summed E-state index contributed by atoms with van der Waals surface area (Å²) in [5, 5.41) is 15.4. The van der Waals surface area contributed by atoms with Gasteiger partial charge < -0.3 is 15.7 Å². The van der Waals surface area contributed by atoms with E-state index in [0.717, 1.165) is 0 Å². The smallest absolute Gasteiger partial charge is 0.322 e. The molecule has 1 amide bonds. The van der Waals surface area contributed by atoms with Crippen molar-refractivity contribution in [2.24, 2.45) is 0 Å². The van der Waals surface area contributed by atoms with Crippen molar-refractivity contribution in [3.8, 4) is 0 Å². The number of rotatable bonds is 4. The van der Waals surface area contributed by atoms with Gasteiger partial charge in [-0.2, -0.15) is 0 Å². The van der Waals surface area contributed by atoms with E-state index in [0.29, 0.717) is 35.4 Å². The topological polar surface area (TPSA) is 81.7 Å². The van der Waals surface area contributed by atoms with Crippen LogP contribution < -0.4 is 10.6 Å². The molecule has 2 rings (SSSR count). The van der Waals surface area contributed by atoms with E-state index in [1.807, 2.05) is 0 Å². The fourth-order valence-corrected chi connectivity index (χ4v) is 2.65. The van der Waals surface area contributed by atoms with E-state index in [-0.39, 0.29) is 12.5 Å². The Balaban J connectivity index is 2.02. The van der Waals surface area contributed by atoms with Crippen molar-refractivity contribution in [1.29, 1.82) is 0 Å². The fraction of sp³-hybridized carbons (Fsp3) is 0.385. The Bertz CT molecular complexity index is 533. The first-order chi connectivity index (χ1) is 9.99. The second-order valence-electron chi connectivity index (χ2n) is 4.67. The van der Waals surface area contributed by atoms with Crippen molar-refractivity contribution in [3.05, 3.63) is 28.2 Å². The molecule has 8 heteroatoms. The molecule has 1 heterocycles. The summed E-state index contributed by atoms with van der Waals surface area (Å²) in [6, 6.07) is 4.20. The summed E-state index contributed by atoms with van der Waals surface area (Å²) in [6.45, 7) is 1.42. The van der Waals surface area contributed by atoms with Gasteiger partial charge in [0.05, 0.1) is 22.3 Å². The molecule has 0 aliphatic carbocycles. The van der Waals surface area contributed by atoms with Gasteiger partial charge in [-0.3, -0.25) is 14.5 Å². The molecule has 1 atom stereocenters. The quantitative estimate of drug-likeness (QED) is 0.774. The first-order valence-corrected chi connectivity index (χ1v) is 7.16. The third-order valence-electron chi connectivity index (χ3n) is 3.21. The molecule has 3 N–H and O–H groups in total. The van der Waals surface area contributed by atoms with Crippen LogP contribution in [0.2, 0.25) is 10.0 Å². The van der Waals surface area contributed by atoms with Gasteiger partial charge in [0.15, 0.2) is 0 Å². The maximum Gasteiger partial charge on any atom is 0.322 e. The molecule has 1 unspecified atom stereocenters. The Morgan fingerprint density at radius 1 is 1.38 bits per heavy atom. The summed E-state index contributed by atoms with van der Waals surface area (Å²) in [7, 11) is 0. The SMILES string of the molecule is O=C(CN1CCNCC1C(=O)O)Nc1c(Cl)cccc1Cl. The zero-order chi connectivity index (χ0) is 15.4. The van der Waals surface area contributed by atoms with Crippen molar-refractivity contribution < 1.29 is 14.7 Å². The molecule has 1 aliphatic heterocycles. The van der Waals surface area contributed by atoms with E-state index in [9.17, 15) is 9.59 Å². The highest BCUT2D eigenvalue weighted by molar-refractivity contribution is 6.39. The second-order valence-corrected chi connectivity index (χ2v) is 5.49. The number of anilines is 1. The van der Waals surface area contributed by atoms with Crippen LogP contribution in [-0.2, 0) is 9.59 Å². The molecule has 1 saturated heterocycles. The van der Waals surface area contributed by atoms with Crippen LogP contribution >= 0.6 is 23.2 Å². The Kier molecular flexibility index (Phi) is 5.41. The number of carboxylic acid groups (broad SMARTS) is 1. The first kappa shape index (κ1) is 16.0. The van der Waals surface area contributed by atoms with Crippen LogP contribution in [0, 0.1) is 0 Å². The zero-order valence-electron chi connectivity index (χ0n) is 11.1. The number of hydrogen-bond acceptors (Lipinski definition) is 4. The molecule has 21 heavy (non-hydrogen) atoms. The monoisotopic (exact) mass is 331 g/mol. The van der Waals surface area contributed by atoms with Crippen molar-refractivity contribution in [2.45, 2.75) is 6.04 Å².